The first-order valence-corrected chi connectivity index (χ1v) is 5.70. The molecule has 0 bridgehead atoms. The van der Waals surface area contributed by atoms with Crippen LogP contribution in [0.3, 0.4) is 0 Å². The molecule has 0 saturated carbocycles. The zero-order chi connectivity index (χ0) is 9.97. The fraction of sp³-hybridized carbons (Fsp3) is 0.500. The number of halogens is 1. The molecule has 0 radical (unpaired) electrons. The van der Waals surface area contributed by atoms with E-state index in [0.29, 0.717) is 6.54 Å². The van der Waals surface area contributed by atoms with Crippen LogP contribution in [-0.4, -0.2) is 18.1 Å². The van der Waals surface area contributed by atoms with E-state index in [4.69, 9.17) is 5.73 Å². The molecule has 2 heterocycles. The van der Waals surface area contributed by atoms with E-state index in [1.807, 2.05) is 6.20 Å². The second-order valence-electron chi connectivity index (χ2n) is 3.55. The second kappa shape index (κ2) is 4.28. The van der Waals surface area contributed by atoms with Crippen LogP contribution in [0.25, 0.3) is 0 Å². The second-order valence-corrected chi connectivity index (χ2v) is 4.40. The molecule has 0 aliphatic carbocycles. The first-order chi connectivity index (χ1) is 6.81. The average molecular weight is 256 g/mol. The SMILES string of the molecule is NCc1cnc(N2CCCC2)c(Br)c1. The van der Waals surface area contributed by atoms with E-state index in [2.05, 4.69) is 31.9 Å². The molecule has 3 nitrogen and oxygen atoms in total. The maximum Gasteiger partial charge on any atom is 0.142 e. The van der Waals surface area contributed by atoms with Crippen LogP contribution in [0.1, 0.15) is 18.4 Å². The van der Waals surface area contributed by atoms with Crippen molar-refractivity contribution < 1.29 is 0 Å². The van der Waals surface area contributed by atoms with Crippen molar-refractivity contribution in [2.75, 3.05) is 18.0 Å². The normalized spacial score (nSPS) is 16.3. The van der Waals surface area contributed by atoms with Crippen molar-refractivity contribution >= 4 is 21.7 Å². The number of hydrogen-bond acceptors (Lipinski definition) is 3. The number of pyridine rings is 1. The van der Waals surface area contributed by atoms with Gasteiger partial charge < -0.3 is 10.6 Å². The maximum absolute atomic E-state index is 5.55. The minimum Gasteiger partial charge on any atom is -0.356 e. The van der Waals surface area contributed by atoms with Crippen LogP contribution in [0.15, 0.2) is 16.7 Å². The zero-order valence-corrected chi connectivity index (χ0v) is 9.63. The molecule has 4 heteroatoms. The van der Waals surface area contributed by atoms with Gasteiger partial charge in [0.1, 0.15) is 5.82 Å². The van der Waals surface area contributed by atoms with Crippen molar-refractivity contribution in [2.45, 2.75) is 19.4 Å². The summed E-state index contributed by atoms with van der Waals surface area (Å²) >= 11 is 3.54. The summed E-state index contributed by atoms with van der Waals surface area (Å²) in [5.74, 6) is 1.06. The van der Waals surface area contributed by atoms with Gasteiger partial charge in [-0.15, -0.1) is 0 Å². The van der Waals surface area contributed by atoms with Gasteiger partial charge in [0.25, 0.3) is 0 Å². The summed E-state index contributed by atoms with van der Waals surface area (Å²) in [6.07, 6.45) is 4.40. The van der Waals surface area contributed by atoms with Crippen molar-refractivity contribution in [3.05, 3.63) is 22.3 Å². The Kier molecular flexibility index (Phi) is 3.03. The molecule has 1 aromatic rings. The van der Waals surface area contributed by atoms with Gasteiger partial charge >= 0.3 is 0 Å². The molecule has 0 amide bonds. The lowest BCUT2D eigenvalue weighted by molar-refractivity contribution is 0.923. The van der Waals surface area contributed by atoms with E-state index in [9.17, 15) is 0 Å². The first-order valence-electron chi connectivity index (χ1n) is 4.90. The maximum atomic E-state index is 5.55. The fourth-order valence-corrected chi connectivity index (χ4v) is 2.39. The number of rotatable bonds is 2. The third-order valence-corrected chi connectivity index (χ3v) is 3.10. The highest BCUT2D eigenvalue weighted by atomic mass is 79.9. The Morgan fingerprint density at radius 2 is 2.14 bits per heavy atom. The molecule has 0 atom stereocenters. The number of aromatic nitrogens is 1. The Balaban J connectivity index is 2.25. The number of nitrogens with zero attached hydrogens (tertiary/aromatic N) is 2. The van der Waals surface area contributed by atoms with Gasteiger partial charge in [-0.25, -0.2) is 4.98 Å². The minimum absolute atomic E-state index is 0.547. The molecule has 1 aliphatic rings. The number of nitrogens with two attached hydrogens (primary N) is 1. The molecule has 0 unspecified atom stereocenters. The van der Waals surface area contributed by atoms with Crippen molar-refractivity contribution in [1.29, 1.82) is 0 Å². The third-order valence-electron chi connectivity index (χ3n) is 2.52. The summed E-state index contributed by atoms with van der Waals surface area (Å²) in [6.45, 7) is 2.78. The lowest BCUT2D eigenvalue weighted by Gasteiger charge is -2.17. The first kappa shape index (κ1) is 9.93. The molecular formula is C10H14BrN3. The van der Waals surface area contributed by atoms with E-state index in [1.165, 1.54) is 12.8 Å². The summed E-state index contributed by atoms with van der Waals surface area (Å²) in [5.41, 5.74) is 6.62. The van der Waals surface area contributed by atoms with Crippen LogP contribution < -0.4 is 10.6 Å². The van der Waals surface area contributed by atoms with Gasteiger partial charge in [-0.3, -0.25) is 0 Å². The van der Waals surface area contributed by atoms with Gasteiger partial charge in [-0.1, -0.05) is 0 Å². The Labute approximate surface area is 92.4 Å². The van der Waals surface area contributed by atoms with Gasteiger partial charge in [0, 0.05) is 25.8 Å². The molecule has 0 spiro atoms. The Morgan fingerprint density at radius 1 is 1.43 bits per heavy atom. The van der Waals surface area contributed by atoms with Crippen molar-refractivity contribution in [3.8, 4) is 0 Å². The standard InChI is InChI=1S/C10H14BrN3/c11-9-5-8(6-12)7-13-10(9)14-3-1-2-4-14/h5,7H,1-4,6,12H2. The molecule has 0 aromatic carbocycles. The molecule has 2 rings (SSSR count). The molecule has 1 saturated heterocycles. The predicted molar refractivity (Wildman–Crippen MR) is 61.3 cm³/mol. The van der Waals surface area contributed by atoms with E-state index in [-0.39, 0.29) is 0 Å². The highest BCUT2D eigenvalue weighted by Gasteiger charge is 2.15. The summed E-state index contributed by atoms with van der Waals surface area (Å²) in [4.78, 5) is 6.74. The van der Waals surface area contributed by atoms with Crippen molar-refractivity contribution in [1.82, 2.24) is 4.98 Å². The van der Waals surface area contributed by atoms with E-state index < -0.39 is 0 Å². The quantitative estimate of drug-likeness (QED) is 0.878. The van der Waals surface area contributed by atoms with Crippen LogP contribution >= 0.6 is 15.9 Å². The lowest BCUT2D eigenvalue weighted by atomic mass is 10.3. The molecule has 1 fully saturated rings. The van der Waals surface area contributed by atoms with E-state index in [1.54, 1.807) is 0 Å². The summed E-state index contributed by atoms with van der Waals surface area (Å²) < 4.78 is 1.06. The van der Waals surface area contributed by atoms with Crippen LogP contribution in [0, 0.1) is 0 Å². The topological polar surface area (TPSA) is 42.1 Å². The largest absolute Gasteiger partial charge is 0.356 e. The minimum atomic E-state index is 0.547. The van der Waals surface area contributed by atoms with Crippen LogP contribution in [0.4, 0.5) is 5.82 Å². The molecule has 1 aliphatic heterocycles. The van der Waals surface area contributed by atoms with Gasteiger partial charge in [0.2, 0.25) is 0 Å². The van der Waals surface area contributed by atoms with Crippen LogP contribution in [0.5, 0.6) is 0 Å². The van der Waals surface area contributed by atoms with Crippen molar-refractivity contribution in [2.24, 2.45) is 5.73 Å². The summed E-state index contributed by atoms with van der Waals surface area (Å²) in [5, 5.41) is 0. The smallest absolute Gasteiger partial charge is 0.142 e. The summed E-state index contributed by atoms with van der Waals surface area (Å²) in [7, 11) is 0. The van der Waals surface area contributed by atoms with Gasteiger partial charge in [-0.05, 0) is 40.4 Å². The van der Waals surface area contributed by atoms with Gasteiger partial charge in [0.15, 0.2) is 0 Å². The Bertz CT molecular complexity index is 321. The molecule has 2 N–H and O–H groups in total. The molecule has 76 valence electrons. The summed E-state index contributed by atoms with van der Waals surface area (Å²) in [6, 6.07) is 2.06. The van der Waals surface area contributed by atoms with E-state index >= 15 is 0 Å². The molecular weight excluding hydrogens is 242 g/mol. The molecule has 14 heavy (non-hydrogen) atoms. The van der Waals surface area contributed by atoms with Gasteiger partial charge in [-0.2, -0.15) is 0 Å². The fourth-order valence-electron chi connectivity index (χ4n) is 1.74. The highest BCUT2D eigenvalue weighted by Crippen LogP contribution is 2.27. The number of hydrogen-bond donors (Lipinski definition) is 1. The van der Waals surface area contributed by atoms with Crippen LogP contribution in [0.2, 0.25) is 0 Å². The monoisotopic (exact) mass is 255 g/mol. The highest BCUT2D eigenvalue weighted by molar-refractivity contribution is 9.10. The lowest BCUT2D eigenvalue weighted by Crippen LogP contribution is -2.19. The van der Waals surface area contributed by atoms with Crippen molar-refractivity contribution in [3.63, 3.8) is 0 Å². The van der Waals surface area contributed by atoms with Gasteiger partial charge in [0.05, 0.1) is 4.47 Å². The Hall–Kier alpha value is -0.610. The van der Waals surface area contributed by atoms with Crippen LogP contribution in [-0.2, 0) is 6.54 Å². The predicted octanol–water partition coefficient (Wildman–Crippen LogP) is 1.90. The third kappa shape index (κ3) is 1.91. The Morgan fingerprint density at radius 3 is 2.71 bits per heavy atom. The number of anilines is 1. The average Bonchev–Trinajstić information content (AvgIpc) is 2.70. The zero-order valence-electron chi connectivity index (χ0n) is 8.04. The molecule has 1 aromatic heterocycles. The van der Waals surface area contributed by atoms with E-state index in [0.717, 1.165) is 28.9 Å².